The normalized spacial score (nSPS) is 10.2. The summed E-state index contributed by atoms with van der Waals surface area (Å²) in [5, 5.41) is -0.756. The van der Waals surface area contributed by atoms with Crippen LogP contribution in [0.25, 0.3) is 0 Å². The number of hydrogen-bond acceptors (Lipinski definition) is 1. The van der Waals surface area contributed by atoms with Crippen molar-refractivity contribution in [1.29, 1.82) is 0 Å². The fourth-order valence-electron chi connectivity index (χ4n) is 1.53. The van der Waals surface area contributed by atoms with E-state index in [4.69, 9.17) is 11.6 Å². The summed E-state index contributed by atoms with van der Waals surface area (Å²) < 4.78 is 25.6. The molecule has 0 atom stereocenters. The van der Waals surface area contributed by atoms with Gasteiger partial charge in [-0.15, -0.1) is 0 Å². The molecule has 0 unspecified atom stereocenters. The summed E-state index contributed by atoms with van der Waals surface area (Å²) in [7, 11) is 0. The van der Waals surface area contributed by atoms with Gasteiger partial charge in [0, 0.05) is 0 Å². The van der Waals surface area contributed by atoms with E-state index >= 15 is 0 Å². The van der Waals surface area contributed by atoms with Gasteiger partial charge in [-0.05, 0) is 60.1 Å². The molecule has 0 radical (unpaired) electrons. The maximum atomic E-state index is 12.8. The Hall–Kier alpha value is -1.94. The van der Waals surface area contributed by atoms with Crippen LogP contribution in [0.1, 0.15) is 0 Å². The Morgan fingerprint density at radius 2 is 1.17 bits per heavy atom. The highest BCUT2D eigenvalue weighted by Gasteiger charge is 2.15. The third-order valence-corrected chi connectivity index (χ3v) is 2.51. The summed E-state index contributed by atoms with van der Waals surface area (Å²) in [6.07, 6.45) is 0. The summed E-state index contributed by atoms with van der Waals surface area (Å²) in [4.78, 5) is 12.6. The fourth-order valence-corrected chi connectivity index (χ4v) is 1.73. The molecule has 0 fully saturated rings. The standard InChI is InChI=1S/C13H8ClF2NO/c14-13(18)17(11-5-1-9(15)2-6-11)12-7-3-10(16)4-8-12/h1-8H. The van der Waals surface area contributed by atoms with Crippen molar-refractivity contribution in [2.45, 2.75) is 0 Å². The predicted molar refractivity (Wildman–Crippen MR) is 66.2 cm³/mol. The summed E-state index contributed by atoms with van der Waals surface area (Å²) in [5.74, 6) is -0.834. The van der Waals surface area contributed by atoms with Gasteiger partial charge in [-0.3, -0.25) is 9.69 Å². The van der Waals surface area contributed by atoms with E-state index in [9.17, 15) is 13.6 Å². The number of nitrogens with zero attached hydrogens (tertiary/aromatic N) is 1. The van der Waals surface area contributed by atoms with Crippen LogP contribution in [0.15, 0.2) is 48.5 Å². The average Bonchev–Trinajstić information content (AvgIpc) is 2.34. The van der Waals surface area contributed by atoms with Gasteiger partial charge in [0.15, 0.2) is 0 Å². The van der Waals surface area contributed by atoms with E-state index in [0.717, 1.165) is 4.90 Å². The number of anilines is 2. The number of amides is 1. The molecule has 0 N–H and O–H groups in total. The first-order valence-electron chi connectivity index (χ1n) is 5.08. The third kappa shape index (κ3) is 2.65. The second-order valence-electron chi connectivity index (χ2n) is 3.54. The Labute approximate surface area is 107 Å². The van der Waals surface area contributed by atoms with Crippen molar-refractivity contribution in [3.8, 4) is 0 Å². The molecule has 0 saturated heterocycles. The van der Waals surface area contributed by atoms with E-state index in [0.29, 0.717) is 11.4 Å². The quantitative estimate of drug-likeness (QED) is 0.581. The first-order valence-corrected chi connectivity index (χ1v) is 5.46. The smallest absolute Gasteiger partial charge is 0.268 e. The lowest BCUT2D eigenvalue weighted by Crippen LogP contribution is -2.19. The van der Waals surface area contributed by atoms with Crippen LogP contribution in [0.3, 0.4) is 0 Å². The van der Waals surface area contributed by atoms with Crippen molar-refractivity contribution in [1.82, 2.24) is 0 Å². The van der Waals surface area contributed by atoms with Crippen LogP contribution in [0.4, 0.5) is 25.0 Å². The van der Waals surface area contributed by atoms with Crippen LogP contribution >= 0.6 is 11.6 Å². The number of halogens is 3. The third-order valence-electron chi connectivity index (χ3n) is 2.35. The molecule has 0 saturated carbocycles. The van der Waals surface area contributed by atoms with E-state index in [-0.39, 0.29) is 0 Å². The molecule has 0 spiro atoms. The minimum Gasteiger partial charge on any atom is -0.268 e. The minimum absolute atomic E-state index is 0.406. The summed E-state index contributed by atoms with van der Waals surface area (Å²) in [5.41, 5.74) is 0.811. The molecule has 2 nitrogen and oxygen atoms in total. The fraction of sp³-hybridized carbons (Fsp3) is 0. The minimum atomic E-state index is -0.756. The Morgan fingerprint density at radius 1 is 0.833 bits per heavy atom. The highest BCUT2D eigenvalue weighted by Crippen LogP contribution is 2.27. The molecular formula is C13H8ClF2NO. The molecule has 2 rings (SSSR count). The van der Waals surface area contributed by atoms with E-state index in [1.165, 1.54) is 48.5 Å². The molecule has 18 heavy (non-hydrogen) atoms. The van der Waals surface area contributed by atoms with Gasteiger partial charge in [-0.25, -0.2) is 8.78 Å². The van der Waals surface area contributed by atoms with Crippen molar-refractivity contribution in [2.75, 3.05) is 4.90 Å². The molecule has 0 aliphatic carbocycles. The van der Waals surface area contributed by atoms with Crippen molar-refractivity contribution < 1.29 is 13.6 Å². The van der Waals surface area contributed by atoms with E-state index < -0.39 is 17.0 Å². The number of benzene rings is 2. The lowest BCUT2D eigenvalue weighted by Gasteiger charge is -2.19. The van der Waals surface area contributed by atoms with Crippen LogP contribution < -0.4 is 4.90 Å². The van der Waals surface area contributed by atoms with Gasteiger partial charge >= 0.3 is 5.37 Å². The molecule has 5 heteroatoms. The molecule has 0 bridgehead atoms. The Morgan fingerprint density at radius 3 is 1.44 bits per heavy atom. The maximum absolute atomic E-state index is 12.8. The van der Waals surface area contributed by atoms with Gasteiger partial charge in [0.2, 0.25) is 0 Å². The van der Waals surface area contributed by atoms with Crippen LogP contribution in [-0.4, -0.2) is 5.37 Å². The monoisotopic (exact) mass is 267 g/mol. The molecule has 0 heterocycles. The zero-order valence-electron chi connectivity index (χ0n) is 9.11. The van der Waals surface area contributed by atoms with Gasteiger partial charge in [0.05, 0.1) is 11.4 Å². The predicted octanol–water partition coefficient (Wildman–Crippen LogP) is 4.46. The van der Waals surface area contributed by atoms with Crippen molar-refractivity contribution in [3.63, 3.8) is 0 Å². The topological polar surface area (TPSA) is 20.3 Å². The first kappa shape index (κ1) is 12.5. The number of rotatable bonds is 2. The molecule has 0 aliphatic heterocycles. The van der Waals surface area contributed by atoms with Crippen LogP contribution in [0.2, 0.25) is 0 Å². The SMILES string of the molecule is O=C(Cl)N(c1ccc(F)cc1)c1ccc(F)cc1. The zero-order valence-corrected chi connectivity index (χ0v) is 9.86. The maximum Gasteiger partial charge on any atom is 0.325 e. The van der Waals surface area contributed by atoms with Gasteiger partial charge in [-0.2, -0.15) is 0 Å². The van der Waals surface area contributed by atoms with Crippen molar-refractivity contribution in [3.05, 3.63) is 60.2 Å². The van der Waals surface area contributed by atoms with E-state index in [1.807, 2.05) is 0 Å². The Kier molecular flexibility index (Phi) is 3.58. The average molecular weight is 268 g/mol. The van der Waals surface area contributed by atoms with Crippen molar-refractivity contribution >= 4 is 28.3 Å². The van der Waals surface area contributed by atoms with Gasteiger partial charge in [0.1, 0.15) is 11.6 Å². The highest BCUT2D eigenvalue weighted by molar-refractivity contribution is 6.66. The molecule has 92 valence electrons. The molecule has 1 amide bonds. The lowest BCUT2D eigenvalue weighted by molar-refractivity contribution is 0.266. The molecule has 0 aromatic heterocycles. The second kappa shape index (κ2) is 5.14. The van der Waals surface area contributed by atoms with E-state index in [1.54, 1.807) is 0 Å². The Bertz CT molecular complexity index is 509. The Balaban J connectivity index is 2.43. The first-order chi connectivity index (χ1) is 8.58. The number of hydrogen-bond donors (Lipinski definition) is 0. The number of carbonyl (C=O) groups excluding carboxylic acids is 1. The summed E-state index contributed by atoms with van der Waals surface area (Å²) in [6.45, 7) is 0. The molecule has 0 aliphatic rings. The summed E-state index contributed by atoms with van der Waals surface area (Å²) in [6, 6.07) is 10.5. The highest BCUT2D eigenvalue weighted by atomic mass is 35.5. The molecule has 2 aromatic carbocycles. The van der Waals surface area contributed by atoms with Gasteiger partial charge in [0.25, 0.3) is 0 Å². The molecule has 2 aromatic rings. The molecular weight excluding hydrogens is 260 g/mol. The van der Waals surface area contributed by atoms with Crippen LogP contribution in [0, 0.1) is 11.6 Å². The van der Waals surface area contributed by atoms with Crippen molar-refractivity contribution in [2.24, 2.45) is 0 Å². The zero-order chi connectivity index (χ0) is 13.1. The largest absolute Gasteiger partial charge is 0.325 e. The lowest BCUT2D eigenvalue weighted by atomic mass is 10.2. The van der Waals surface area contributed by atoms with E-state index in [2.05, 4.69) is 0 Å². The van der Waals surface area contributed by atoms with Crippen LogP contribution in [0.5, 0.6) is 0 Å². The van der Waals surface area contributed by atoms with Crippen LogP contribution in [-0.2, 0) is 0 Å². The van der Waals surface area contributed by atoms with Gasteiger partial charge < -0.3 is 0 Å². The number of carbonyl (C=O) groups is 1. The van der Waals surface area contributed by atoms with Gasteiger partial charge in [-0.1, -0.05) is 0 Å². The second-order valence-corrected chi connectivity index (χ2v) is 3.86. The summed E-state index contributed by atoms with van der Waals surface area (Å²) >= 11 is 5.49.